The number of ether oxygens (including phenoxy) is 1. The number of carboxylic acids is 1. The standard InChI is InChI=1S/C12H9BrN2O5/c13-7-1-2-9(20-5-10(16)17)6(3-7)4-8-11(18)15-12(19)14-8/h1-4H,5H2,(H,16,17)(H2,14,15,18,19)/p-1. The Balaban J connectivity index is 2.32. The van der Waals surface area contributed by atoms with Crippen LogP contribution in [0, 0.1) is 0 Å². The molecule has 8 heteroatoms. The molecule has 20 heavy (non-hydrogen) atoms. The van der Waals surface area contributed by atoms with Crippen LogP contribution < -0.4 is 20.5 Å². The van der Waals surface area contributed by atoms with Crippen molar-refractivity contribution in [2.75, 3.05) is 6.61 Å². The van der Waals surface area contributed by atoms with E-state index < -0.39 is 24.5 Å². The first-order chi connectivity index (χ1) is 9.45. The lowest BCUT2D eigenvalue weighted by molar-refractivity contribution is -0.307. The molecule has 7 nitrogen and oxygen atoms in total. The Hall–Kier alpha value is -2.35. The van der Waals surface area contributed by atoms with Gasteiger partial charge in [-0.1, -0.05) is 15.9 Å². The second-order valence-electron chi connectivity index (χ2n) is 3.81. The van der Waals surface area contributed by atoms with Crippen molar-refractivity contribution in [2.45, 2.75) is 0 Å². The molecule has 1 aromatic rings. The largest absolute Gasteiger partial charge is 0.546 e. The van der Waals surface area contributed by atoms with Gasteiger partial charge in [0.1, 0.15) is 18.1 Å². The van der Waals surface area contributed by atoms with E-state index in [1.54, 1.807) is 12.1 Å². The van der Waals surface area contributed by atoms with Crippen molar-refractivity contribution in [3.8, 4) is 5.75 Å². The van der Waals surface area contributed by atoms with E-state index in [2.05, 4.69) is 26.6 Å². The van der Waals surface area contributed by atoms with Crippen LogP contribution in [-0.2, 0) is 9.59 Å². The molecule has 0 saturated carbocycles. The molecule has 2 rings (SSSR count). The summed E-state index contributed by atoms with van der Waals surface area (Å²) in [6.45, 7) is -0.615. The molecule has 1 aliphatic rings. The van der Waals surface area contributed by atoms with Gasteiger partial charge >= 0.3 is 6.03 Å². The fourth-order valence-corrected chi connectivity index (χ4v) is 1.92. The van der Waals surface area contributed by atoms with Crippen molar-refractivity contribution < 1.29 is 24.2 Å². The Morgan fingerprint density at radius 1 is 1.35 bits per heavy atom. The highest BCUT2D eigenvalue weighted by Crippen LogP contribution is 2.25. The van der Waals surface area contributed by atoms with E-state index in [1.807, 2.05) is 0 Å². The van der Waals surface area contributed by atoms with Gasteiger partial charge in [-0.15, -0.1) is 0 Å². The van der Waals surface area contributed by atoms with Crippen LogP contribution in [0.2, 0.25) is 0 Å². The van der Waals surface area contributed by atoms with Crippen LogP contribution in [0.4, 0.5) is 4.79 Å². The Labute approximate surface area is 121 Å². The van der Waals surface area contributed by atoms with Gasteiger partial charge in [-0.25, -0.2) is 4.79 Å². The second-order valence-corrected chi connectivity index (χ2v) is 4.72. The average molecular weight is 340 g/mol. The predicted octanol–water partition coefficient (Wildman–Crippen LogP) is -0.242. The number of carboxylic acid groups (broad SMARTS) is 1. The topological polar surface area (TPSA) is 108 Å². The predicted molar refractivity (Wildman–Crippen MR) is 69.3 cm³/mol. The molecule has 0 spiro atoms. The lowest BCUT2D eigenvalue weighted by Crippen LogP contribution is -2.29. The number of nitrogens with one attached hydrogen (secondary N) is 2. The van der Waals surface area contributed by atoms with Gasteiger partial charge in [0.25, 0.3) is 5.91 Å². The number of hydrogen-bond acceptors (Lipinski definition) is 5. The molecule has 0 aromatic heterocycles. The number of amides is 3. The minimum absolute atomic E-state index is 0.0476. The first-order valence-electron chi connectivity index (χ1n) is 5.42. The highest BCUT2D eigenvalue weighted by Gasteiger charge is 2.23. The van der Waals surface area contributed by atoms with Gasteiger partial charge in [-0.05, 0) is 24.3 Å². The van der Waals surface area contributed by atoms with Crippen LogP contribution in [0.3, 0.4) is 0 Å². The fraction of sp³-hybridized carbons (Fsp3) is 0.0833. The summed E-state index contributed by atoms with van der Waals surface area (Å²) in [6, 6.07) is 4.19. The maximum atomic E-state index is 11.4. The number of carbonyl (C=O) groups excluding carboxylic acids is 3. The van der Waals surface area contributed by atoms with Crippen LogP contribution in [0.15, 0.2) is 28.4 Å². The van der Waals surface area contributed by atoms with Gasteiger partial charge in [-0.3, -0.25) is 10.1 Å². The second kappa shape index (κ2) is 5.74. The molecule has 0 atom stereocenters. The number of rotatable bonds is 4. The quantitative estimate of drug-likeness (QED) is 0.581. The number of urea groups is 1. The number of halogens is 1. The molecular formula is C12H8BrN2O5-. The zero-order valence-corrected chi connectivity index (χ0v) is 11.5. The molecule has 0 bridgehead atoms. The Kier molecular flexibility index (Phi) is 4.04. The molecule has 1 heterocycles. The zero-order valence-electron chi connectivity index (χ0n) is 9.94. The highest BCUT2D eigenvalue weighted by molar-refractivity contribution is 9.10. The summed E-state index contributed by atoms with van der Waals surface area (Å²) in [5.41, 5.74) is 0.486. The summed E-state index contributed by atoms with van der Waals surface area (Å²) in [5.74, 6) is -1.68. The third-order valence-corrected chi connectivity index (χ3v) is 2.83. The van der Waals surface area contributed by atoms with E-state index in [4.69, 9.17) is 4.74 Å². The smallest absolute Gasteiger partial charge is 0.326 e. The maximum absolute atomic E-state index is 11.4. The first-order valence-corrected chi connectivity index (χ1v) is 6.21. The van der Waals surface area contributed by atoms with Crippen molar-refractivity contribution in [3.63, 3.8) is 0 Å². The minimum Gasteiger partial charge on any atom is -0.546 e. The molecule has 0 radical (unpaired) electrons. The molecule has 1 saturated heterocycles. The van der Waals surface area contributed by atoms with E-state index in [1.165, 1.54) is 12.1 Å². The van der Waals surface area contributed by atoms with Crippen molar-refractivity contribution in [1.82, 2.24) is 10.6 Å². The molecular weight excluding hydrogens is 332 g/mol. The lowest BCUT2D eigenvalue weighted by Gasteiger charge is -2.10. The normalized spacial score (nSPS) is 15.9. The molecule has 1 aliphatic heterocycles. The van der Waals surface area contributed by atoms with Gasteiger partial charge in [0, 0.05) is 10.0 Å². The average Bonchev–Trinajstić information content (AvgIpc) is 2.66. The summed E-state index contributed by atoms with van der Waals surface area (Å²) in [5, 5.41) is 14.8. The number of imide groups is 1. The zero-order chi connectivity index (χ0) is 14.7. The number of hydrogen-bond donors (Lipinski definition) is 2. The van der Waals surface area contributed by atoms with E-state index in [-0.39, 0.29) is 11.4 Å². The van der Waals surface area contributed by atoms with Gasteiger partial charge in [0.15, 0.2) is 0 Å². The van der Waals surface area contributed by atoms with E-state index in [0.29, 0.717) is 10.0 Å². The highest BCUT2D eigenvalue weighted by atomic mass is 79.9. The molecule has 1 aromatic carbocycles. The summed E-state index contributed by atoms with van der Waals surface area (Å²) < 4.78 is 5.76. The molecule has 104 valence electrons. The van der Waals surface area contributed by atoms with Crippen molar-refractivity contribution in [2.24, 2.45) is 0 Å². The Bertz CT molecular complexity index is 626. The Morgan fingerprint density at radius 2 is 2.10 bits per heavy atom. The van der Waals surface area contributed by atoms with Crippen LogP contribution in [-0.4, -0.2) is 24.5 Å². The van der Waals surface area contributed by atoms with Crippen LogP contribution >= 0.6 is 15.9 Å². The van der Waals surface area contributed by atoms with Gasteiger partial charge < -0.3 is 20.0 Å². The van der Waals surface area contributed by atoms with Crippen molar-refractivity contribution in [1.29, 1.82) is 0 Å². The van der Waals surface area contributed by atoms with Gasteiger partial charge in [-0.2, -0.15) is 0 Å². The number of aliphatic carboxylic acids is 1. The summed E-state index contributed by atoms with van der Waals surface area (Å²) in [6.07, 6.45) is 1.38. The number of benzene rings is 1. The fourth-order valence-electron chi connectivity index (χ4n) is 1.54. The Morgan fingerprint density at radius 3 is 2.70 bits per heavy atom. The van der Waals surface area contributed by atoms with Gasteiger partial charge in [0.05, 0.1) is 5.97 Å². The minimum atomic E-state index is -1.36. The van der Waals surface area contributed by atoms with Gasteiger partial charge in [0.2, 0.25) is 0 Å². The summed E-state index contributed by atoms with van der Waals surface area (Å²) in [7, 11) is 0. The van der Waals surface area contributed by atoms with E-state index in [0.717, 1.165) is 0 Å². The van der Waals surface area contributed by atoms with Crippen molar-refractivity contribution >= 4 is 39.9 Å². The summed E-state index contributed by atoms with van der Waals surface area (Å²) >= 11 is 3.25. The molecule has 0 aliphatic carbocycles. The molecule has 2 N–H and O–H groups in total. The van der Waals surface area contributed by atoms with Crippen molar-refractivity contribution in [3.05, 3.63) is 33.9 Å². The van der Waals surface area contributed by atoms with Crippen LogP contribution in [0.5, 0.6) is 5.75 Å². The van der Waals surface area contributed by atoms with Crippen LogP contribution in [0.25, 0.3) is 6.08 Å². The van der Waals surface area contributed by atoms with Crippen LogP contribution in [0.1, 0.15) is 5.56 Å². The third kappa shape index (κ3) is 3.35. The molecule has 0 unspecified atom stereocenters. The maximum Gasteiger partial charge on any atom is 0.326 e. The summed E-state index contributed by atoms with van der Waals surface area (Å²) in [4.78, 5) is 32.9. The SMILES string of the molecule is O=C([O-])COc1ccc(Br)cc1C=C1NC(=O)NC1=O. The lowest BCUT2D eigenvalue weighted by atomic mass is 10.1. The van der Waals surface area contributed by atoms with E-state index >= 15 is 0 Å². The first kappa shape index (κ1) is 14.1. The monoisotopic (exact) mass is 339 g/mol. The molecule has 3 amide bonds. The molecule has 1 fully saturated rings. The third-order valence-electron chi connectivity index (χ3n) is 2.34. The number of carbonyl (C=O) groups is 3. The van der Waals surface area contributed by atoms with E-state index in [9.17, 15) is 19.5 Å².